The van der Waals surface area contributed by atoms with E-state index in [9.17, 15) is 19.7 Å². The number of benzene rings is 1. The third-order valence-corrected chi connectivity index (χ3v) is 2.55. The molecule has 0 saturated heterocycles. The van der Waals surface area contributed by atoms with Gasteiger partial charge in [0.05, 0.1) is 24.2 Å². The zero-order valence-corrected chi connectivity index (χ0v) is 11.3. The Balaban J connectivity index is 2.93. The van der Waals surface area contributed by atoms with E-state index in [4.69, 9.17) is 4.74 Å². The highest BCUT2D eigenvalue weighted by atomic mass is 16.6. The summed E-state index contributed by atoms with van der Waals surface area (Å²) in [5.41, 5.74) is -0.0455. The number of carbonyl (C=O) groups excluding carboxylic acids is 2. The van der Waals surface area contributed by atoms with Gasteiger partial charge in [0.15, 0.2) is 0 Å². The number of hydrogen-bond donors (Lipinski definition) is 0. The zero-order valence-electron chi connectivity index (χ0n) is 11.3. The summed E-state index contributed by atoms with van der Waals surface area (Å²) in [6.45, 7) is 1.81. The summed E-state index contributed by atoms with van der Waals surface area (Å²) in [6, 6.07) is 4.28. The minimum absolute atomic E-state index is 0.161. The largest absolute Gasteiger partial charge is 0.496 e. The van der Waals surface area contributed by atoms with Crippen LogP contribution in [0.2, 0.25) is 0 Å². The maximum absolute atomic E-state index is 11.8. The normalized spacial score (nSPS) is 9.90. The third kappa shape index (κ3) is 4.04. The van der Waals surface area contributed by atoms with Gasteiger partial charge < -0.3 is 9.47 Å². The highest BCUT2D eigenvalue weighted by Crippen LogP contribution is 2.28. The number of Topliss-reactive ketones (excluding diaryl/α,β-unsaturated/α-hetero) is 1. The molecule has 0 unspecified atom stereocenters. The van der Waals surface area contributed by atoms with Gasteiger partial charge >= 0.3 is 5.97 Å². The molecule has 0 fully saturated rings. The van der Waals surface area contributed by atoms with Crippen molar-refractivity contribution < 1.29 is 24.0 Å². The molecule has 0 saturated carbocycles. The van der Waals surface area contributed by atoms with Gasteiger partial charge in [0, 0.05) is 12.5 Å². The van der Waals surface area contributed by atoms with Crippen molar-refractivity contribution in [2.75, 3.05) is 13.7 Å². The van der Waals surface area contributed by atoms with Gasteiger partial charge in [0.2, 0.25) is 0 Å². The van der Waals surface area contributed by atoms with Crippen LogP contribution in [-0.4, -0.2) is 30.4 Å². The van der Waals surface area contributed by atoms with Crippen LogP contribution in [0, 0.1) is 10.1 Å². The summed E-state index contributed by atoms with van der Waals surface area (Å²) in [5.74, 6) is -0.859. The van der Waals surface area contributed by atoms with Crippen molar-refractivity contribution in [2.24, 2.45) is 0 Å². The van der Waals surface area contributed by atoms with Crippen LogP contribution in [-0.2, 0) is 20.7 Å². The van der Waals surface area contributed by atoms with Crippen LogP contribution >= 0.6 is 0 Å². The Labute approximate surface area is 115 Å². The van der Waals surface area contributed by atoms with Gasteiger partial charge in [-0.05, 0) is 13.0 Å². The summed E-state index contributed by atoms with van der Waals surface area (Å²) in [5, 5.41) is 10.9. The number of nitro groups is 1. The van der Waals surface area contributed by atoms with E-state index in [2.05, 4.69) is 4.74 Å². The number of ketones is 1. The fourth-order valence-electron chi connectivity index (χ4n) is 1.73. The molecular weight excluding hydrogens is 266 g/mol. The topological polar surface area (TPSA) is 95.7 Å². The molecule has 1 rings (SSSR count). The molecule has 1 aromatic rings. The molecule has 7 nitrogen and oxygen atoms in total. The summed E-state index contributed by atoms with van der Waals surface area (Å²) < 4.78 is 9.68. The number of carbonyl (C=O) groups is 2. The molecule has 0 bridgehead atoms. The Morgan fingerprint density at radius 1 is 1.35 bits per heavy atom. The lowest BCUT2D eigenvalue weighted by Crippen LogP contribution is -2.14. The third-order valence-electron chi connectivity index (χ3n) is 2.55. The maximum atomic E-state index is 11.8. The van der Waals surface area contributed by atoms with Crippen molar-refractivity contribution in [3.8, 4) is 5.75 Å². The standard InChI is InChI=1S/C13H15NO6/c1-3-20-13(16)8-9(15)7-10-11(14(17)18)5-4-6-12(10)19-2/h4-6H,3,7-8H2,1-2H3. The Bertz CT molecular complexity index is 526. The van der Waals surface area contributed by atoms with E-state index in [1.807, 2.05) is 0 Å². The van der Waals surface area contributed by atoms with Crippen LogP contribution in [0.25, 0.3) is 0 Å². The van der Waals surface area contributed by atoms with Crippen LogP contribution in [0.5, 0.6) is 5.75 Å². The maximum Gasteiger partial charge on any atom is 0.313 e. The van der Waals surface area contributed by atoms with Gasteiger partial charge in [-0.3, -0.25) is 19.7 Å². The molecule has 108 valence electrons. The fraction of sp³-hybridized carbons (Fsp3) is 0.385. The van der Waals surface area contributed by atoms with Crippen molar-refractivity contribution in [2.45, 2.75) is 19.8 Å². The molecule has 20 heavy (non-hydrogen) atoms. The molecule has 0 aliphatic heterocycles. The highest BCUT2D eigenvalue weighted by molar-refractivity contribution is 5.97. The zero-order chi connectivity index (χ0) is 15.1. The van der Waals surface area contributed by atoms with E-state index in [1.54, 1.807) is 6.92 Å². The molecule has 1 aromatic carbocycles. The lowest BCUT2D eigenvalue weighted by atomic mass is 10.0. The second-order valence-corrected chi connectivity index (χ2v) is 3.91. The van der Waals surface area contributed by atoms with Crippen LogP contribution in [0.15, 0.2) is 18.2 Å². The Kier molecular flexibility index (Phi) is 5.64. The van der Waals surface area contributed by atoms with Crippen molar-refractivity contribution in [3.05, 3.63) is 33.9 Å². The quantitative estimate of drug-likeness (QED) is 0.326. The van der Waals surface area contributed by atoms with Crippen LogP contribution in [0.4, 0.5) is 5.69 Å². The second kappa shape index (κ2) is 7.22. The first kappa shape index (κ1) is 15.6. The molecule has 0 heterocycles. The molecule has 0 aliphatic carbocycles. The minimum atomic E-state index is -0.643. The van der Waals surface area contributed by atoms with Gasteiger partial charge in [-0.25, -0.2) is 0 Å². The number of ether oxygens (including phenoxy) is 2. The Hall–Kier alpha value is -2.44. The summed E-state index contributed by atoms with van der Waals surface area (Å²) in [6.07, 6.45) is -0.665. The number of nitro benzene ring substituents is 1. The lowest BCUT2D eigenvalue weighted by molar-refractivity contribution is -0.385. The van der Waals surface area contributed by atoms with Gasteiger partial charge in [-0.2, -0.15) is 0 Å². The number of rotatable bonds is 7. The monoisotopic (exact) mass is 281 g/mol. The predicted molar refractivity (Wildman–Crippen MR) is 69.6 cm³/mol. The van der Waals surface area contributed by atoms with Crippen molar-refractivity contribution in [1.82, 2.24) is 0 Å². The average Bonchev–Trinajstić information content (AvgIpc) is 2.38. The van der Waals surface area contributed by atoms with Crippen LogP contribution < -0.4 is 4.74 Å². The Morgan fingerprint density at radius 2 is 2.05 bits per heavy atom. The van der Waals surface area contributed by atoms with E-state index in [0.717, 1.165) is 0 Å². The van der Waals surface area contributed by atoms with Crippen LogP contribution in [0.1, 0.15) is 18.9 Å². The number of esters is 1. The first-order valence-electron chi connectivity index (χ1n) is 5.97. The number of methoxy groups -OCH3 is 1. The number of hydrogen-bond acceptors (Lipinski definition) is 6. The first-order valence-corrected chi connectivity index (χ1v) is 5.97. The summed E-state index contributed by atoms with van der Waals surface area (Å²) in [7, 11) is 1.36. The molecule has 0 spiro atoms. The SMILES string of the molecule is CCOC(=O)CC(=O)Cc1c(OC)cccc1[N+](=O)[O-]. The summed E-state index contributed by atoms with van der Waals surface area (Å²) in [4.78, 5) is 33.3. The van der Waals surface area contributed by atoms with E-state index >= 15 is 0 Å². The predicted octanol–water partition coefficient (Wildman–Crippen LogP) is 1.67. The van der Waals surface area contributed by atoms with Gasteiger partial charge in [-0.15, -0.1) is 0 Å². The first-order chi connectivity index (χ1) is 9.49. The Morgan fingerprint density at radius 3 is 2.60 bits per heavy atom. The molecule has 0 N–H and O–H groups in total. The van der Waals surface area contributed by atoms with Crippen LogP contribution in [0.3, 0.4) is 0 Å². The van der Waals surface area contributed by atoms with E-state index in [-0.39, 0.29) is 30.0 Å². The molecule has 0 aliphatic rings. The lowest BCUT2D eigenvalue weighted by Gasteiger charge is -2.08. The van der Waals surface area contributed by atoms with E-state index in [0.29, 0.717) is 0 Å². The fourth-order valence-corrected chi connectivity index (χ4v) is 1.73. The minimum Gasteiger partial charge on any atom is -0.496 e. The second-order valence-electron chi connectivity index (χ2n) is 3.91. The van der Waals surface area contributed by atoms with Crippen molar-refractivity contribution in [3.63, 3.8) is 0 Å². The van der Waals surface area contributed by atoms with Gasteiger partial charge in [0.25, 0.3) is 5.69 Å². The van der Waals surface area contributed by atoms with E-state index < -0.39 is 23.1 Å². The number of nitrogens with zero attached hydrogens (tertiary/aromatic N) is 1. The van der Waals surface area contributed by atoms with Crippen molar-refractivity contribution in [1.29, 1.82) is 0 Å². The van der Waals surface area contributed by atoms with Gasteiger partial charge in [0.1, 0.15) is 18.0 Å². The molecule has 0 atom stereocenters. The van der Waals surface area contributed by atoms with E-state index in [1.165, 1.54) is 25.3 Å². The molecular formula is C13H15NO6. The molecule has 0 radical (unpaired) electrons. The molecule has 0 aromatic heterocycles. The summed E-state index contributed by atoms with van der Waals surface area (Å²) >= 11 is 0. The van der Waals surface area contributed by atoms with Gasteiger partial charge in [-0.1, -0.05) is 6.07 Å². The smallest absolute Gasteiger partial charge is 0.313 e. The van der Waals surface area contributed by atoms with Crippen molar-refractivity contribution >= 4 is 17.4 Å². The highest BCUT2D eigenvalue weighted by Gasteiger charge is 2.22. The molecule has 7 heteroatoms. The average molecular weight is 281 g/mol. The molecule has 0 amide bonds.